The Balaban J connectivity index is 1.38. The number of carbonyl (C=O) groups is 1. The molecule has 0 aliphatic carbocycles. The maximum atomic E-state index is 12.9. The molecule has 3 heterocycles. The minimum Gasteiger partial charge on any atom is -0.310 e. The molecule has 0 unspecified atom stereocenters. The van der Waals surface area contributed by atoms with Crippen molar-refractivity contribution in [3.8, 4) is 5.69 Å². The summed E-state index contributed by atoms with van der Waals surface area (Å²) >= 11 is 3.23. The number of thioether (sulfide) groups is 2. The van der Waals surface area contributed by atoms with Gasteiger partial charge in [0.05, 0.1) is 28.7 Å². The van der Waals surface area contributed by atoms with Gasteiger partial charge in [-0.2, -0.15) is 5.10 Å². The zero-order valence-electron chi connectivity index (χ0n) is 15.4. The number of nitrogens with zero attached hydrogens (tertiary/aromatic N) is 5. The largest absolute Gasteiger partial charge is 0.310 e. The van der Waals surface area contributed by atoms with E-state index in [2.05, 4.69) is 21.1 Å². The number of benzene rings is 2. The summed E-state index contributed by atoms with van der Waals surface area (Å²) in [6.45, 7) is 0.728. The Morgan fingerprint density at radius 1 is 1.07 bits per heavy atom. The first kappa shape index (κ1) is 18.2. The van der Waals surface area contributed by atoms with Gasteiger partial charge in [0.25, 0.3) is 0 Å². The van der Waals surface area contributed by atoms with Crippen molar-refractivity contribution in [3.63, 3.8) is 0 Å². The van der Waals surface area contributed by atoms with Crippen LogP contribution < -0.4 is 4.90 Å². The minimum absolute atomic E-state index is 0.0879. The molecular formula is C21H17N5OS2. The second-order valence-corrected chi connectivity index (χ2v) is 8.56. The standard InChI is InChI=1S/C21H17N5OS2/c27-19(25-10-11-28-18-9-5-4-8-17(18)25)13-29-21-16-12-24-26(20(16)22-14-23-21)15-6-2-1-3-7-15/h1-9,12,14H,10-11,13H2. The van der Waals surface area contributed by atoms with Crippen LogP contribution in [0.3, 0.4) is 0 Å². The van der Waals surface area contributed by atoms with Crippen LogP contribution in [-0.2, 0) is 4.79 Å². The Labute approximate surface area is 176 Å². The van der Waals surface area contributed by atoms with E-state index < -0.39 is 0 Å². The second-order valence-electron chi connectivity index (χ2n) is 6.46. The molecule has 0 N–H and O–H groups in total. The van der Waals surface area contributed by atoms with Crippen LogP contribution in [0, 0.1) is 0 Å². The first-order valence-electron chi connectivity index (χ1n) is 9.20. The predicted molar refractivity (Wildman–Crippen MR) is 117 cm³/mol. The second kappa shape index (κ2) is 7.88. The fourth-order valence-corrected chi connectivity index (χ4v) is 5.16. The van der Waals surface area contributed by atoms with E-state index in [9.17, 15) is 4.79 Å². The number of hydrogen-bond donors (Lipinski definition) is 0. The van der Waals surface area contributed by atoms with Crippen molar-refractivity contribution in [1.82, 2.24) is 19.7 Å². The third-order valence-electron chi connectivity index (χ3n) is 4.69. The molecule has 1 amide bonds. The molecule has 0 bridgehead atoms. The highest BCUT2D eigenvalue weighted by atomic mass is 32.2. The number of amides is 1. The highest BCUT2D eigenvalue weighted by Crippen LogP contribution is 2.35. The number of para-hydroxylation sites is 2. The van der Waals surface area contributed by atoms with Crippen molar-refractivity contribution in [2.75, 3.05) is 23.0 Å². The molecule has 1 aliphatic rings. The fraction of sp³-hybridized carbons (Fsp3) is 0.143. The molecule has 0 saturated carbocycles. The third kappa shape index (κ3) is 3.49. The number of carbonyl (C=O) groups excluding carboxylic acids is 1. The van der Waals surface area contributed by atoms with Crippen molar-refractivity contribution >= 4 is 46.2 Å². The lowest BCUT2D eigenvalue weighted by atomic mass is 10.3. The summed E-state index contributed by atoms with van der Waals surface area (Å²) in [7, 11) is 0. The van der Waals surface area contributed by atoms with Crippen molar-refractivity contribution < 1.29 is 4.79 Å². The summed E-state index contributed by atoms with van der Waals surface area (Å²) in [6, 6.07) is 17.9. The van der Waals surface area contributed by atoms with Gasteiger partial charge in [0.15, 0.2) is 5.65 Å². The molecule has 0 atom stereocenters. The van der Waals surface area contributed by atoms with E-state index in [0.29, 0.717) is 5.75 Å². The number of rotatable bonds is 4. The molecule has 0 spiro atoms. The van der Waals surface area contributed by atoms with Gasteiger partial charge in [0, 0.05) is 17.2 Å². The van der Waals surface area contributed by atoms with E-state index >= 15 is 0 Å². The topological polar surface area (TPSA) is 63.9 Å². The molecule has 29 heavy (non-hydrogen) atoms. The van der Waals surface area contributed by atoms with Crippen LogP contribution in [0.1, 0.15) is 0 Å². The number of hydrogen-bond acceptors (Lipinski definition) is 6. The molecule has 6 nitrogen and oxygen atoms in total. The Morgan fingerprint density at radius 2 is 1.90 bits per heavy atom. The summed E-state index contributed by atoms with van der Waals surface area (Å²) < 4.78 is 1.79. The number of fused-ring (bicyclic) bond motifs is 2. The van der Waals surface area contributed by atoms with Crippen LogP contribution in [0.4, 0.5) is 5.69 Å². The zero-order chi connectivity index (χ0) is 19.6. The molecule has 0 saturated heterocycles. The van der Waals surface area contributed by atoms with Crippen LogP contribution in [0.5, 0.6) is 0 Å². The summed E-state index contributed by atoms with van der Waals surface area (Å²) in [5, 5.41) is 6.10. The quantitative estimate of drug-likeness (QED) is 0.367. The lowest BCUT2D eigenvalue weighted by molar-refractivity contribution is -0.116. The van der Waals surface area contributed by atoms with Crippen molar-refractivity contribution in [1.29, 1.82) is 0 Å². The average molecular weight is 420 g/mol. The fourth-order valence-electron chi connectivity index (χ4n) is 3.33. The molecule has 8 heteroatoms. The van der Waals surface area contributed by atoms with Crippen molar-refractivity contribution in [3.05, 3.63) is 67.1 Å². The van der Waals surface area contributed by atoms with Crippen LogP contribution in [0.25, 0.3) is 16.7 Å². The van der Waals surface area contributed by atoms with Crippen LogP contribution in [-0.4, -0.2) is 43.7 Å². The van der Waals surface area contributed by atoms with Gasteiger partial charge < -0.3 is 4.90 Å². The predicted octanol–water partition coefficient (Wildman–Crippen LogP) is 4.05. The summed E-state index contributed by atoms with van der Waals surface area (Å²) in [4.78, 5) is 24.8. The third-order valence-corrected chi connectivity index (χ3v) is 6.72. The molecule has 2 aromatic heterocycles. The van der Waals surface area contributed by atoms with Crippen LogP contribution >= 0.6 is 23.5 Å². The number of aromatic nitrogens is 4. The van der Waals surface area contributed by atoms with E-state index in [-0.39, 0.29) is 5.91 Å². The maximum absolute atomic E-state index is 12.9. The highest BCUT2D eigenvalue weighted by Gasteiger charge is 2.23. The van der Waals surface area contributed by atoms with Crippen molar-refractivity contribution in [2.45, 2.75) is 9.92 Å². The van der Waals surface area contributed by atoms with E-state index in [4.69, 9.17) is 0 Å². The van der Waals surface area contributed by atoms with E-state index in [1.165, 1.54) is 18.1 Å². The van der Waals surface area contributed by atoms with Crippen molar-refractivity contribution in [2.24, 2.45) is 0 Å². The smallest absolute Gasteiger partial charge is 0.237 e. The minimum atomic E-state index is 0.0879. The first-order valence-corrected chi connectivity index (χ1v) is 11.2. The lowest BCUT2D eigenvalue weighted by Gasteiger charge is -2.28. The van der Waals surface area contributed by atoms with Gasteiger partial charge in [-0.25, -0.2) is 14.6 Å². The summed E-state index contributed by atoms with van der Waals surface area (Å²) in [5.41, 5.74) is 2.68. The Kier molecular flexibility index (Phi) is 4.95. The normalized spacial score (nSPS) is 13.4. The molecular weight excluding hydrogens is 402 g/mol. The molecule has 4 aromatic rings. The van der Waals surface area contributed by atoms with Gasteiger partial charge in [-0.3, -0.25) is 4.79 Å². The van der Waals surface area contributed by atoms with Crippen LogP contribution in [0.2, 0.25) is 0 Å². The lowest BCUT2D eigenvalue weighted by Crippen LogP contribution is -2.36. The van der Waals surface area contributed by atoms with Gasteiger partial charge in [-0.05, 0) is 24.3 Å². The average Bonchev–Trinajstić information content (AvgIpc) is 3.22. The SMILES string of the molecule is O=C(CSc1ncnc2c1cnn2-c1ccccc1)N1CCSc2ccccc21. The Bertz CT molecular complexity index is 1180. The maximum Gasteiger partial charge on any atom is 0.237 e. The van der Waals surface area contributed by atoms with E-state index in [1.807, 2.05) is 53.4 Å². The number of anilines is 1. The molecule has 0 fully saturated rings. The van der Waals surface area contributed by atoms with E-state index in [0.717, 1.165) is 44.6 Å². The van der Waals surface area contributed by atoms with Gasteiger partial charge in [-0.1, -0.05) is 42.1 Å². The van der Waals surface area contributed by atoms with E-state index in [1.54, 1.807) is 22.6 Å². The zero-order valence-corrected chi connectivity index (χ0v) is 17.1. The van der Waals surface area contributed by atoms with Gasteiger partial charge >= 0.3 is 0 Å². The van der Waals surface area contributed by atoms with Gasteiger partial charge in [-0.15, -0.1) is 11.8 Å². The molecule has 2 aromatic carbocycles. The van der Waals surface area contributed by atoms with Gasteiger partial charge in [0.2, 0.25) is 5.91 Å². The molecule has 5 rings (SSSR count). The summed E-state index contributed by atoms with van der Waals surface area (Å²) in [5.74, 6) is 1.32. The molecule has 144 valence electrons. The summed E-state index contributed by atoms with van der Waals surface area (Å²) in [6.07, 6.45) is 3.30. The Hall–Kier alpha value is -2.84. The Morgan fingerprint density at radius 3 is 2.79 bits per heavy atom. The molecule has 0 radical (unpaired) electrons. The molecule has 1 aliphatic heterocycles. The van der Waals surface area contributed by atoms with Crippen LogP contribution in [0.15, 0.2) is 77.0 Å². The van der Waals surface area contributed by atoms with Gasteiger partial charge in [0.1, 0.15) is 11.4 Å². The first-order chi connectivity index (χ1) is 14.3. The monoisotopic (exact) mass is 419 g/mol. The highest BCUT2D eigenvalue weighted by molar-refractivity contribution is 8.00.